The monoisotopic (exact) mass is 365 g/mol. The highest BCUT2D eigenvalue weighted by atomic mass is 32.2. The fraction of sp³-hybridized carbons (Fsp3) is 0.412. The standard InChI is InChI=1S/C17H23N3O4S/c1-17(2,14-9-5-3-6-10-14)19-25(23,24)12-8-4-7-11-20-13-15(21)18-16(20)22/h3-7,9-10,19H,8,11-13H2,1-2H3,(H,18,21,22)/b7-4-. The number of allylic oxidation sites excluding steroid dienone is 1. The largest absolute Gasteiger partial charge is 0.324 e. The smallest absolute Gasteiger partial charge is 0.311 e. The number of carbonyl (C=O) groups excluding carboxylic acids is 2. The van der Waals surface area contributed by atoms with E-state index in [4.69, 9.17) is 0 Å². The van der Waals surface area contributed by atoms with Crippen molar-refractivity contribution in [3.63, 3.8) is 0 Å². The van der Waals surface area contributed by atoms with Gasteiger partial charge in [0.05, 0.1) is 11.3 Å². The van der Waals surface area contributed by atoms with Crippen LogP contribution in [0.2, 0.25) is 0 Å². The van der Waals surface area contributed by atoms with Gasteiger partial charge in [-0.2, -0.15) is 0 Å². The fourth-order valence-corrected chi connectivity index (χ4v) is 3.97. The Labute approximate surface area is 148 Å². The summed E-state index contributed by atoms with van der Waals surface area (Å²) in [6.45, 7) is 3.95. The molecule has 1 aromatic rings. The summed E-state index contributed by atoms with van der Waals surface area (Å²) in [4.78, 5) is 23.8. The zero-order valence-corrected chi connectivity index (χ0v) is 15.2. The summed E-state index contributed by atoms with van der Waals surface area (Å²) in [5.74, 6) is -0.376. The molecule has 1 fully saturated rings. The SMILES string of the molecule is CC(C)(NS(=O)(=O)CC/C=C\CN1CC(=O)NC1=O)c1ccccc1. The molecule has 0 radical (unpaired) electrons. The quantitative estimate of drug-likeness (QED) is 0.537. The lowest BCUT2D eigenvalue weighted by Gasteiger charge is -2.26. The third-order valence-corrected chi connectivity index (χ3v) is 5.41. The van der Waals surface area contributed by atoms with E-state index < -0.39 is 21.6 Å². The van der Waals surface area contributed by atoms with E-state index >= 15 is 0 Å². The van der Waals surface area contributed by atoms with Crippen molar-refractivity contribution < 1.29 is 18.0 Å². The van der Waals surface area contributed by atoms with Gasteiger partial charge in [-0.25, -0.2) is 17.9 Å². The van der Waals surface area contributed by atoms with Crippen LogP contribution in [-0.2, 0) is 20.4 Å². The Balaban J connectivity index is 1.82. The van der Waals surface area contributed by atoms with Crippen LogP contribution in [0.3, 0.4) is 0 Å². The van der Waals surface area contributed by atoms with Gasteiger partial charge in [0.15, 0.2) is 0 Å². The van der Waals surface area contributed by atoms with Crippen LogP contribution >= 0.6 is 0 Å². The second-order valence-electron chi connectivity index (χ2n) is 6.41. The van der Waals surface area contributed by atoms with Crippen molar-refractivity contribution in [2.24, 2.45) is 0 Å². The van der Waals surface area contributed by atoms with E-state index in [1.165, 1.54) is 4.90 Å². The molecular weight excluding hydrogens is 342 g/mol. The molecule has 1 aliphatic heterocycles. The van der Waals surface area contributed by atoms with Gasteiger partial charge in [-0.15, -0.1) is 0 Å². The third-order valence-electron chi connectivity index (χ3n) is 3.82. The first-order valence-corrected chi connectivity index (χ1v) is 9.66. The van der Waals surface area contributed by atoms with Crippen LogP contribution in [0.5, 0.6) is 0 Å². The fourth-order valence-electron chi connectivity index (χ4n) is 2.53. The van der Waals surface area contributed by atoms with Gasteiger partial charge >= 0.3 is 6.03 Å². The number of rotatable bonds is 8. The van der Waals surface area contributed by atoms with Gasteiger partial charge in [-0.3, -0.25) is 10.1 Å². The molecule has 0 aliphatic carbocycles. The van der Waals surface area contributed by atoms with Crippen LogP contribution in [-0.4, -0.2) is 44.1 Å². The molecule has 0 aromatic heterocycles. The summed E-state index contributed by atoms with van der Waals surface area (Å²) in [5.41, 5.74) is 0.191. The molecule has 0 unspecified atom stereocenters. The summed E-state index contributed by atoms with van der Waals surface area (Å²) in [7, 11) is -3.45. The Hall–Kier alpha value is -2.19. The summed E-state index contributed by atoms with van der Waals surface area (Å²) in [6, 6.07) is 8.96. The van der Waals surface area contributed by atoms with Gasteiger partial charge in [0.25, 0.3) is 0 Å². The third kappa shape index (κ3) is 5.68. The Bertz CT molecular complexity index is 757. The Kier molecular flexibility index (Phi) is 5.97. The normalized spacial score (nSPS) is 15.8. The second-order valence-corrected chi connectivity index (χ2v) is 8.25. The van der Waals surface area contributed by atoms with Gasteiger partial charge < -0.3 is 4.90 Å². The molecule has 2 rings (SSSR count). The van der Waals surface area contributed by atoms with E-state index in [9.17, 15) is 18.0 Å². The summed E-state index contributed by atoms with van der Waals surface area (Å²) < 4.78 is 27.3. The minimum absolute atomic E-state index is 0.0360. The number of urea groups is 1. The number of hydrogen-bond acceptors (Lipinski definition) is 4. The maximum absolute atomic E-state index is 12.3. The number of carbonyl (C=O) groups is 2. The lowest BCUT2D eigenvalue weighted by atomic mass is 9.96. The van der Waals surface area contributed by atoms with Gasteiger partial charge in [-0.1, -0.05) is 42.5 Å². The van der Waals surface area contributed by atoms with Crippen molar-refractivity contribution in [1.82, 2.24) is 14.9 Å². The molecule has 136 valence electrons. The van der Waals surface area contributed by atoms with E-state index in [0.717, 1.165) is 5.56 Å². The molecule has 1 heterocycles. The Morgan fingerprint density at radius 1 is 1.20 bits per heavy atom. The number of imide groups is 1. The molecule has 0 saturated carbocycles. The number of sulfonamides is 1. The van der Waals surface area contributed by atoms with E-state index in [0.29, 0.717) is 6.42 Å². The number of nitrogens with zero attached hydrogens (tertiary/aromatic N) is 1. The highest BCUT2D eigenvalue weighted by molar-refractivity contribution is 7.89. The highest BCUT2D eigenvalue weighted by Crippen LogP contribution is 2.20. The molecule has 7 nitrogen and oxygen atoms in total. The number of amides is 3. The van der Waals surface area contributed by atoms with Crippen molar-refractivity contribution >= 4 is 22.0 Å². The Morgan fingerprint density at radius 2 is 1.88 bits per heavy atom. The molecule has 1 aliphatic rings. The van der Waals surface area contributed by atoms with E-state index in [1.807, 2.05) is 44.2 Å². The number of benzene rings is 1. The predicted octanol–water partition coefficient (Wildman–Crippen LogP) is 1.34. The number of nitrogens with one attached hydrogen (secondary N) is 2. The lowest BCUT2D eigenvalue weighted by Crippen LogP contribution is -2.42. The number of hydrogen-bond donors (Lipinski definition) is 2. The lowest BCUT2D eigenvalue weighted by molar-refractivity contribution is -0.118. The van der Waals surface area contributed by atoms with Crippen molar-refractivity contribution in [1.29, 1.82) is 0 Å². The highest BCUT2D eigenvalue weighted by Gasteiger charge is 2.26. The van der Waals surface area contributed by atoms with Gasteiger partial charge in [0, 0.05) is 6.54 Å². The maximum atomic E-state index is 12.3. The van der Waals surface area contributed by atoms with Crippen LogP contribution in [0.15, 0.2) is 42.5 Å². The first-order valence-electron chi connectivity index (χ1n) is 8.00. The summed E-state index contributed by atoms with van der Waals surface area (Å²) >= 11 is 0. The van der Waals surface area contributed by atoms with Crippen LogP contribution in [0.4, 0.5) is 4.79 Å². The van der Waals surface area contributed by atoms with Crippen molar-refractivity contribution in [2.45, 2.75) is 25.8 Å². The average Bonchev–Trinajstić information content (AvgIpc) is 2.84. The molecule has 0 bridgehead atoms. The van der Waals surface area contributed by atoms with Gasteiger partial charge in [-0.05, 0) is 25.8 Å². The maximum Gasteiger partial charge on any atom is 0.324 e. The first-order chi connectivity index (χ1) is 11.7. The van der Waals surface area contributed by atoms with Crippen LogP contribution < -0.4 is 10.0 Å². The van der Waals surface area contributed by atoms with E-state index in [2.05, 4.69) is 10.0 Å². The second kappa shape index (κ2) is 7.79. The van der Waals surface area contributed by atoms with Crippen LogP contribution in [0.25, 0.3) is 0 Å². The molecule has 3 amide bonds. The molecule has 25 heavy (non-hydrogen) atoms. The molecular formula is C17H23N3O4S. The molecule has 1 saturated heterocycles. The molecule has 2 N–H and O–H groups in total. The average molecular weight is 365 g/mol. The minimum Gasteiger partial charge on any atom is -0.311 e. The molecule has 0 spiro atoms. The zero-order valence-electron chi connectivity index (χ0n) is 14.4. The molecule has 1 aromatic carbocycles. The Morgan fingerprint density at radius 3 is 2.48 bits per heavy atom. The van der Waals surface area contributed by atoms with E-state index in [-0.39, 0.29) is 24.7 Å². The summed E-state index contributed by atoms with van der Waals surface area (Å²) in [5, 5.41) is 2.18. The topological polar surface area (TPSA) is 95.6 Å². The van der Waals surface area contributed by atoms with E-state index in [1.54, 1.807) is 12.2 Å². The summed E-state index contributed by atoms with van der Waals surface area (Å²) in [6.07, 6.45) is 3.71. The van der Waals surface area contributed by atoms with Crippen molar-refractivity contribution in [3.05, 3.63) is 48.0 Å². The first kappa shape index (κ1) is 19.1. The minimum atomic E-state index is -3.45. The van der Waals surface area contributed by atoms with Gasteiger partial charge in [0.2, 0.25) is 15.9 Å². The van der Waals surface area contributed by atoms with Crippen LogP contribution in [0.1, 0.15) is 25.8 Å². The van der Waals surface area contributed by atoms with Crippen LogP contribution in [0, 0.1) is 0 Å². The zero-order chi connectivity index (χ0) is 18.5. The van der Waals surface area contributed by atoms with Crippen molar-refractivity contribution in [3.8, 4) is 0 Å². The molecule has 0 atom stereocenters. The van der Waals surface area contributed by atoms with Gasteiger partial charge in [0.1, 0.15) is 6.54 Å². The van der Waals surface area contributed by atoms with Crippen molar-refractivity contribution in [2.75, 3.05) is 18.8 Å². The predicted molar refractivity (Wildman–Crippen MR) is 95.3 cm³/mol. The molecule has 8 heteroatoms.